The fourth-order valence-electron chi connectivity index (χ4n) is 2.26. The summed E-state index contributed by atoms with van der Waals surface area (Å²) < 4.78 is 24.1. The molecule has 4 nitrogen and oxygen atoms in total. The van der Waals surface area contributed by atoms with Crippen LogP contribution in [-0.4, -0.2) is 13.0 Å². The van der Waals surface area contributed by atoms with Crippen LogP contribution >= 0.6 is 0 Å². The number of nitrogens with one attached hydrogen (secondary N) is 1. The molecule has 1 N–H and O–H groups in total. The van der Waals surface area contributed by atoms with Crippen molar-refractivity contribution in [3.8, 4) is 5.75 Å². The lowest BCUT2D eigenvalue weighted by atomic mass is 10.1. The first-order chi connectivity index (χ1) is 10.7. The third-order valence-electron chi connectivity index (χ3n) is 3.36. The van der Waals surface area contributed by atoms with E-state index >= 15 is 0 Å². The summed E-state index contributed by atoms with van der Waals surface area (Å²) in [5.41, 5.74) is 1.56. The minimum Gasteiger partial charge on any atom is -0.497 e. The zero-order chi connectivity index (χ0) is 15.5. The average Bonchev–Trinajstić information content (AvgIpc) is 2.91. The minimum absolute atomic E-state index is 0.105. The molecule has 0 saturated carbocycles. The van der Waals surface area contributed by atoms with Gasteiger partial charge in [0, 0.05) is 17.0 Å². The van der Waals surface area contributed by atoms with Crippen molar-refractivity contribution in [2.75, 3.05) is 12.4 Å². The molecule has 0 aliphatic rings. The Kier molecular flexibility index (Phi) is 3.78. The first kappa shape index (κ1) is 14.1. The van der Waals surface area contributed by atoms with Crippen LogP contribution in [0.15, 0.2) is 53.1 Å². The van der Waals surface area contributed by atoms with Gasteiger partial charge in [-0.25, -0.2) is 4.39 Å². The van der Waals surface area contributed by atoms with Gasteiger partial charge in [-0.2, -0.15) is 0 Å². The number of ether oxygens (including phenoxy) is 1. The van der Waals surface area contributed by atoms with Crippen LogP contribution in [0, 0.1) is 5.82 Å². The van der Waals surface area contributed by atoms with E-state index in [0.717, 1.165) is 10.9 Å². The number of hydrogen-bond donors (Lipinski definition) is 1. The van der Waals surface area contributed by atoms with Gasteiger partial charge in [0.05, 0.1) is 25.5 Å². The Hall–Kier alpha value is -2.82. The Morgan fingerprint density at radius 2 is 2.09 bits per heavy atom. The second kappa shape index (κ2) is 5.89. The predicted molar refractivity (Wildman–Crippen MR) is 81.5 cm³/mol. The first-order valence-corrected chi connectivity index (χ1v) is 6.76. The lowest BCUT2D eigenvalue weighted by Gasteiger charge is -2.05. The zero-order valence-corrected chi connectivity index (χ0v) is 11.9. The standard InChI is InChI=1S/C17H14FNO3/c1-21-12-6-7-13-11(10-22-16(13)9-12)8-17(20)19-15-5-3-2-4-14(15)18/h2-7,9-10H,8H2,1H3,(H,19,20). The third kappa shape index (κ3) is 2.79. The molecule has 3 rings (SSSR count). The van der Waals surface area contributed by atoms with Crippen molar-refractivity contribution in [1.82, 2.24) is 0 Å². The number of fused-ring (bicyclic) bond motifs is 1. The van der Waals surface area contributed by atoms with E-state index in [0.29, 0.717) is 11.3 Å². The summed E-state index contributed by atoms with van der Waals surface area (Å²) in [5, 5.41) is 3.39. The van der Waals surface area contributed by atoms with Gasteiger partial charge in [0.2, 0.25) is 5.91 Å². The van der Waals surface area contributed by atoms with Gasteiger partial charge in [0.15, 0.2) is 0 Å². The molecule has 0 atom stereocenters. The number of halogens is 1. The summed E-state index contributed by atoms with van der Waals surface area (Å²) >= 11 is 0. The fraction of sp³-hybridized carbons (Fsp3) is 0.118. The molecule has 0 spiro atoms. The molecule has 1 aromatic heterocycles. The molecule has 2 aromatic carbocycles. The van der Waals surface area contributed by atoms with Gasteiger partial charge in [-0.15, -0.1) is 0 Å². The second-order valence-corrected chi connectivity index (χ2v) is 4.83. The Morgan fingerprint density at radius 1 is 1.27 bits per heavy atom. The zero-order valence-electron chi connectivity index (χ0n) is 11.9. The topological polar surface area (TPSA) is 51.5 Å². The van der Waals surface area contributed by atoms with E-state index < -0.39 is 5.82 Å². The third-order valence-corrected chi connectivity index (χ3v) is 3.36. The van der Waals surface area contributed by atoms with Crippen LogP contribution in [-0.2, 0) is 11.2 Å². The Bertz CT molecular complexity index is 826. The summed E-state index contributed by atoms with van der Waals surface area (Å²) in [4.78, 5) is 12.1. The minimum atomic E-state index is -0.461. The van der Waals surface area contributed by atoms with Gasteiger partial charge in [0.25, 0.3) is 0 Å². The number of carbonyl (C=O) groups excluding carboxylic acids is 1. The molecule has 0 saturated heterocycles. The molecule has 5 heteroatoms. The van der Waals surface area contributed by atoms with Crippen LogP contribution < -0.4 is 10.1 Å². The normalized spacial score (nSPS) is 10.6. The molecule has 0 unspecified atom stereocenters. The van der Waals surface area contributed by atoms with Crippen molar-refractivity contribution in [2.45, 2.75) is 6.42 Å². The molecule has 1 amide bonds. The Morgan fingerprint density at radius 3 is 2.86 bits per heavy atom. The molecule has 22 heavy (non-hydrogen) atoms. The fourth-order valence-corrected chi connectivity index (χ4v) is 2.26. The molecule has 0 aliphatic heterocycles. The summed E-state index contributed by atoms with van der Waals surface area (Å²) in [6.45, 7) is 0. The van der Waals surface area contributed by atoms with Crippen LogP contribution in [0.4, 0.5) is 10.1 Å². The van der Waals surface area contributed by atoms with E-state index in [2.05, 4.69) is 5.32 Å². The summed E-state index contributed by atoms with van der Waals surface area (Å²) in [5.74, 6) is -0.0783. The quantitative estimate of drug-likeness (QED) is 0.798. The molecule has 0 radical (unpaired) electrons. The number of furan rings is 1. The lowest BCUT2D eigenvalue weighted by Crippen LogP contribution is -2.15. The predicted octanol–water partition coefficient (Wildman–Crippen LogP) is 3.76. The summed E-state index contributed by atoms with van der Waals surface area (Å²) in [6, 6.07) is 11.5. The van der Waals surface area contributed by atoms with Crippen LogP contribution in [0.25, 0.3) is 11.0 Å². The summed E-state index contributed by atoms with van der Waals surface area (Å²) in [7, 11) is 1.58. The number of amides is 1. The summed E-state index contributed by atoms with van der Waals surface area (Å²) in [6.07, 6.45) is 1.64. The number of methoxy groups -OCH3 is 1. The number of carbonyl (C=O) groups is 1. The van der Waals surface area contributed by atoms with Crippen LogP contribution in [0.2, 0.25) is 0 Å². The van der Waals surface area contributed by atoms with Gasteiger partial charge in [0.1, 0.15) is 17.1 Å². The molecule has 0 fully saturated rings. The molecule has 1 heterocycles. The lowest BCUT2D eigenvalue weighted by molar-refractivity contribution is -0.115. The molecule has 0 aliphatic carbocycles. The van der Waals surface area contributed by atoms with Crippen molar-refractivity contribution in [3.63, 3.8) is 0 Å². The van der Waals surface area contributed by atoms with Gasteiger partial charge < -0.3 is 14.5 Å². The monoisotopic (exact) mass is 299 g/mol. The number of benzene rings is 2. The molecular weight excluding hydrogens is 285 g/mol. The smallest absolute Gasteiger partial charge is 0.229 e. The van der Waals surface area contributed by atoms with E-state index in [1.807, 2.05) is 6.07 Å². The maximum atomic E-state index is 13.5. The number of anilines is 1. The van der Waals surface area contributed by atoms with Crippen molar-refractivity contribution < 1.29 is 18.3 Å². The average molecular weight is 299 g/mol. The van der Waals surface area contributed by atoms with Crippen molar-refractivity contribution in [1.29, 1.82) is 0 Å². The van der Waals surface area contributed by atoms with Gasteiger partial charge in [-0.3, -0.25) is 4.79 Å². The van der Waals surface area contributed by atoms with E-state index in [4.69, 9.17) is 9.15 Å². The molecule has 0 bridgehead atoms. The highest BCUT2D eigenvalue weighted by atomic mass is 19.1. The number of rotatable bonds is 4. The van der Waals surface area contributed by atoms with Crippen LogP contribution in [0.3, 0.4) is 0 Å². The number of hydrogen-bond acceptors (Lipinski definition) is 3. The van der Waals surface area contributed by atoms with Crippen molar-refractivity contribution in [2.24, 2.45) is 0 Å². The highest BCUT2D eigenvalue weighted by Gasteiger charge is 2.12. The molecule has 3 aromatic rings. The van der Waals surface area contributed by atoms with Gasteiger partial charge in [-0.05, 0) is 24.3 Å². The van der Waals surface area contributed by atoms with E-state index in [9.17, 15) is 9.18 Å². The molecule has 112 valence electrons. The van der Waals surface area contributed by atoms with Gasteiger partial charge in [-0.1, -0.05) is 12.1 Å². The Balaban J connectivity index is 1.78. The maximum absolute atomic E-state index is 13.5. The van der Waals surface area contributed by atoms with Crippen molar-refractivity contribution >= 4 is 22.6 Å². The van der Waals surface area contributed by atoms with Crippen LogP contribution in [0.5, 0.6) is 5.75 Å². The maximum Gasteiger partial charge on any atom is 0.229 e. The number of para-hydroxylation sites is 1. The van der Waals surface area contributed by atoms with Gasteiger partial charge >= 0.3 is 0 Å². The van der Waals surface area contributed by atoms with E-state index in [1.54, 1.807) is 31.4 Å². The SMILES string of the molecule is COc1ccc2c(CC(=O)Nc3ccccc3F)coc2c1. The highest BCUT2D eigenvalue weighted by molar-refractivity contribution is 5.95. The second-order valence-electron chi connectivity index (χ2n) is 4.83. The van der Waals surface area contributed by atoms with E-state index in [-0.39, 0.29) is 18.0 Å². The van der Waals surface area contributed by atoms with Crippen molar-refractivity contribution in [3.05, 3.63) is 60.1 Å². The Labute approximate surface area is 126 Å². The van der Waals surface area contributed by atoms with Crippen LogP contribution in [0.1, 0.15) is 5.56 Å². The largest absolute Gasteiger partial charge is 0.497 e. The van der Waals surface area contributed by atoms with E-state index in [1.165, 1.54) is 18.4 Å². The first-order valence-electron chi connectivity index (χ1n) is 6.76. The molecular formula is C17H14FNO3. The highest BCUT2D eigenvalue weighted by Crippen LogP contribution is 2.26.